The summed E-state index contributed by atoms with van der Waals surface area (Å²) in [5, 5.41) is 11.9. The van der Waals surface area contributed by atoms with Crippen molar-refractivity contribution in [2.24, 2.45) is 11.8 Å². The molecule has 33 heavy (non-hydrogen) atoms. The Morgan fingerprint density at radius 3 is 2.70 bits per heavy atom. The number of hydrogen-bond donors (Lipinski definition) is 2. The van der Waals surface area contributed by atoms with Crippen molar-refractivity contribution in [3.63, 3.8) is 0 Å². The van der Waals surface area contributed by atoms with E-state index in [0.29, 0.717) is 42.0 Å². The average molecular weight is 468 g/mol. The lowest BCUT2D eigenvalue weighted by atomic mass is 9.95. The molecule has 0 bridgehead atoms. The SMILES string of the molecule is CC(C)CNC(=O)c1ccccc1NC(=O)C1CCN(Cc2nc(-c3cccs3)no2)CC1. The number of nitrogens with zero attached hydrogens (tertiary/aromatic N) is 3. The van der Waals surface area contributed by atoms with E-state index in [1.165, 1.54) is 0 Å². The maximum Gasteiger partial charge on any atom is 0.253 e. The van der Waals surface area contributed by atoms with Gasteiger partial charge in [-0.25, -0.2) is 0 Å². The lowest BCUT2D eigenvalue weighted by Crippen LogP contribution is -2.38. The highest BCUT2D eigenvalue weighted by Crippen LogP contribution is 2.24. The van der Waals surface area contributed by atoms with Gasteiger partial charge in [0.1, 0.15) is 0 Å². The summed E-state index contributed by atoms with van der Waals surface area (Å²) in [7, 11) is 0. The Morgan fingerprint density at radius 2 is 1.97 bits per heavy atom. The number of aromatic nitrogens is 2. The second kappa shape index (κ2) is 10.7. The second-order valence-corrected chi connectivity index (χ2v) is 9.63. The van der Waals surface area contributed by atoms with Crippen LogP contribution in [0, 0.1) is 11.8 Å². The van der Waals surface area contributed by atoms with Crippen LogP contribution in [-0.2, 0) is 11.3 Å². The van der Waals surface area contributed by atoms with Gasteiger partial charge in [-0.3, -0.25) is 14.5 Å². The Morgan fingerprint density at radius 1 is 1.18 bits per heavy atom. The third kappa shape index (κ3) is 6.06. The molecule has 9 heteroatoms. The first-order valence-electron chi connectivity index (χ1n) is 11.3. The highest BCUT2D eigenvalue weighted by atomic mass is 32.1. The number of para-hydroxylation sites is 1. The summed E-state index contributed by atoms with van der Waals surface area (Å²) in [4.78, 5) is 33.1. The van der Waals surface area contributed by atoms with E-state index in [-0.39, 0.29) is 17.7 Å². The third-order valence-corrected chi connectivity index (χ3v) is 6.49. The lowest BCUT2D eigenvalue weighted by Gasteiger charge is -2.30. The molecule has 0 atom stereocenters. The molecule has 1 aliphatic heterocycles. The molecule has 174 valence electrons. The first-order valence-corrected chi connectivity index (χ1v) is 12.1. The zero-order valence-electron chi connectivity index (χ0n) is 18.9. The van der Waals surface area contributed by atoms with E-state index in [1.807, 2.05) is 37.4 Å². The smallest absolute Gasteiger partial charge is 0.253 e. The summed E-state index contributed by atoms with van der Waals surface area (Å²) in [5.74, 6) is 1.24. The number of carbonyl (C=O) groups is 2. The van der Waals surface area contributed by atoms with Crippen LogP contribution >= 0.6 is 11.3 Å². The molecule has 1 aliphatic rings. The number of likely N-dealkylation sites (tertiary alicyclic amines) is 1. The van der Waals surface area contributed by atoms with E-state index >= 15 is 0 Å². The van der Waals surface area contributed by atoms with Gasteiger partial charge in [0.2, 0.25) is 17.6 Å². The van der Waals surface area contributed by atoms with Gasteiger partial charge in [0.05, 0.1) is 22.7 Å². The van der Waals surface area contributed by atoms with Crippen molar-refractivity contribution in [2.45, 2.75) is 33.2 Å². The molecule has 2 amide bonds. The fourth-order valence-corrected chi connectivity index (χ4v) is 4.44. The second-order valence-electron chi connectivity index (χ2n) is 8.68. The summed E-state index contributed by atoms with van der Waals surface area (Å²) in [6.45, 7) is 6.79. The molecule has 0 unspecified atom stereocenters. The molecule has 0 spiro atoms. The van der Waals surface area contributed by atoms with Crippen molar-refractivity contribution in [1.82, 2.24) is 20.4 Å². The predicted octanol–water partition coefficient (Wildman–Crippen LogP) is 4.03. The minimum Gasteiger partial charge on any atom is -0.352 e. The topological polar surface area (TPSA) is 100 Å². The standard InChI is InChI=1S/C24H29N5O3S/c1-16(2)14-25-24(31)18-6-3-4-7-19(18)26-23(30)17-9-11-29(12-10-17)15-21-27-22(28-32-21)20-8-5-13-33-20/h3-8,13,16-17H,9-12,14-15H2,1-2H3,(H,25,31)(H,26,30). The van der Waals surface area contributed by atoms with Gasteiger partial charge in [-0.15, -0.1) is 11.3 Å². The number of piperidine rings is 1. The molecule has 1 fully saturated rings. The van der Waals surface area contributed by atoms with Gasteiger partial charge in [-0.05, 0) is 55.4 Å². The zero-order valence-corrected chi connectivity index (χ0v) is 19.7. The molecule has 3 heterocycles. The van der Waals surface area contributed by atoms with E-state index in [1.54, 1.807) is 29.5 Å². The van der Waals surface area contributed by atoms with Crippen molar-refractivity contribution in [3.8, 4) is 10.7 Å². The van der Waals surface area contributed by atoms with Gasteiger partial charge in [-0.1, -0.05) is 37.2 Å². The van der Waals surface area contributed by atoms with Gasteiger partial charge in [0.15, 0.2) is 0 Å². The van der Waals surface area contributed by atoms with E-state index < -0.39 is 0 Å². The van der Waals surface area contributed by atoms with Crippen molar-refractivity contribution in [3.05, 3.63) is 53.2 Å². The number of hydrogen-bond acceptors (Lipinski definition) is 7. The van der Waals surface area contributed by atoms with Crippen LogP contribution in [0.3, 0.4) is 0 Å². The lowest BCUT2D eigenvalue weighted by molar-refractivity contribution is -0.121. The number of anilines is 1. The number of amides is 2. The molecule has 1 aromatic carbocycles. The van der Waals surface area contributed by atoms with Crippen molar-refractivity contribution in [1.29, 1.82) is 0 Å². The van der Waals surface area contributed by atoms with Crippen molar-refractivity contribution in [2.75, 3.05) is 25.0 Å². The number of benzene rings is 1. The normalized spacial score (nSPS) is 15.0. The monoisotopic (exact) mass is 467 g/mol. The minimum atomic E-state index is -0.170. The first kappa shape index (κ1) is 23.1. The molecule has 3 aromatic rings. The quantitative estimate of drug-likeness (QED) is 0.519. The van der Waals surface area contributed by atoms with Gasteiger partial charge in [0.25, 0.3) is 5.91 Å². The Hall–Kier alpha value is -3.04. The number of thiophene rings is 1. The fourth-order valence-electron chi connectivity index (χ4n) is 3.79. The van der Waals surface area contributed by atoms with Gasteiger partial charge >= 0.3 is 0 Å². The number of carbonyl (C=O) groups excluding carboxylic acids is 2. The minimum absolute atomic E-state index is 0.0449. The van der Waals surface area contributed by atoms with Crippen LogP contribution in [0.5, 0.6) is 0 Å². The molecule has 4 rings (SSSR count). The van der Waals surface area contributed by atoms with Gasteiger partial charge < -0.3 is 15.2 Å². The summed E-state index contributed by atoms with van der Waals surface area (Å²) < 4.78 is 5.40. The van der Waals surface area contributed by atoms with E-state index in [2.05, 4.69) is 25.7 Å². The van der Waals surface area contributed by atoms with Crippen LogP contribution in [0.2, 0.25) is 0 Å². The first-order chi connectivity index (χ1) is 16.0. The van der Waals surface area contributed by atoms with Crippen LogP contribution in [-0.4, -0.2) is 46.5 Å². The number of nitrogens with one attached hydrogen (secondary N) is 2. The Balaban J connectivity index is 1.29. The summed E-state index contributed by atoms with van der Waals surface area (Å²) in [6, 6.07) is 11.1. The van der Waals surface area contributed by atoms with E-state index in [9.17, 15) is 9.59 Å². The number of rotatable bonds is 8. The van der Waals surface area contributed by atoms with E-state index in [4.69, 9.17) is 4.52 Å². The molecule has 8 nitrogen and oxygen atoms in total. The molecular weight excluding hydrogens is 438 g/mol. The fraction of sp³-hybridized carbons (Fsp3) is 0.417. The Labute approximate surface area is 197 Å². The third-order valence-electron chi connectivity index (χ3n) is 5.63. The highest BCUT2D eigenvalue weighted by molar-refractivity contribution is 7.13. The van der Waals surface area contributed by atoms with Crippen molar-refractivity contribution >= 4 is 28.8 Å². The average Bonchev–Trinajstić information content (AvgIpc) is 3.50. The largest absolute Gasteiger partial charge is 0.352 e. The van der Waals surface area contributed by atoms with Crippen molar-refractivity contribution < 1.29 is 14.1 Å². The highest BCUT2D eigenvalue weighted by Gasteiger charge is 2.27. The zero-order chi connectivity index (χ0) is 23.2. The maximum atomic E-state index is 12.9. The van der Waals surface area contributed by atoms with Crippen LogP contribution in [0.15, 0.2) is 46.3 Å². The van der Waals surface area contributed by atoms with Crippen LogP contribution in [0.1, 0.15) is 42.9 Å². The summed E-state index contributed by atoms with van der Waals surface area (Å²) >= 11 is 1.58. The Kier molecular flexibility index (Phi) is 7.51. The maximum absolute atomic E-state index is 12.9. The van der Waals surface area contributed by atoms with E-state index in [0.717, 1.165) is 30.8 Å². The van der Waals surface area contributed by atoms with Crippen LogP contribution in [0.25, 0.3) is 10.7 Å². The van der Waals surface area contributed by atoms with Gasteiger partial charge in [-0.2, -0.15) is 4.98 Å². The molecule has 0 saturated carbocycles. The van der Waals surface area contributed by atoms with Crippen LogP contribution < -0.4 is 10.6 Å². The molecule has 0 radical (unpaired) electrons. The molecule has 1 saturated heterocycles. The molecule has 2 N–H and O–H groups in total. The Bertz CT molecular complexity index is 1070. The summed E-state index contributed by atoms with van der Waals surface area (Å²) in [5.41, 5.74) is 1.04. The summed E-state index contributed by atoms with van der Waals surface area (Å²) in [6.07, 6.45) is 1.47. The molecule has 0 aliphatic carbocycles. The molecular formula is C24H29N5O3S. The molecule has 2 aromatic heterocycles. The van der Waals surface area contributed by atoms with Crippen LogP contribution in [0.4, 0.5) is 5.69 Å². The predicted molar refractivity (Wildman–Crippen MR) is 128 cm³/mol. The van der Waals surface area contributed by atoms with Gasteiger partial charge in [0, 0.05) is 12.5 Å².